The molecule has 0 saturated carbocycles. The van der Waals surface area contributed by atoms with Gasteiger partial charge in [-0.3, -0.25) is 4.79 Å². The predicted octanol–water partition coefficient (Wildman–Crippen LogP) is 2.26. The normalized spacial score (nSPS) is 12.2. The first kappa shape index (κ1) is 14.8. The van der Waals surface area contributed by atoms with Crippen molar-refractivity contribution in [1.29, 1.82) is 0 Å². The van der Waals surface area contributed by atoms with Gasteiger partial charge < -0.3 is 15.6 Å². The highest BCUT2D eigenvalue weighted by Crippen LogP contribution is 2.24. The molecule has 1 atom stereocenters. The molecule has 1 unspecified atom stereocenters. The van der Waals surface area contributed by atoms with Crippen molar-refractivity contribution in [1.82, 2.24) is 0 Å². The van der Waals surface area contributed by atoms with E-state index in [1.807, 2.05) is 0 Å². The Morgan fingerprint density at radius 1 is 1.56 bits per heavy atom. The molecule has 0 heterocycles. The van der Waals surface area contributed by atoms with E-state index in [0.29, 0.717) is 30.9 Å². The van der Waals surface area contributed by atoms with Crippen molar-refractivity contribution in [3.05, 3.63) is 28.8 Å². The van der Waals surface area contributed by atoms with Crippen LogP contribution in [0.25, 0.3) is 0 Å². The number of nitrogens with two attached hydrogens (primary N) is 1. The number of rotatable bonds is 6. The molecule has 0 radical (unpaired) electrons. The molecule has 5 heteroatoms. The molecule has 0 saturated heterocycles. The summed E-state index contributed by atoms with van der Waals surface area (Å²) < 4.78 is 4.83. The number of hydrogen-bond donors (Lipinski definition) is 2. The lowest BCUT2D eigenvalue weighted by molar-refractivity contribution is -0.143. The maximum absolute atomic E-state index is 11.2. The summed E-state index contributed by atoms with van der Waals surface area (Å²) in [5.41, 5.74) is 6.86. The van der Waals surface area contributed by atoms with Crippen LogP contribution in [0.3, 0.4) is 0 Å². The fourth-order valence-electron chi connectivity index (χ4n) is 1.62. The van der Waals surface area contributed by atoms with Crippen LogP contribution in [0.4, 0.5) is 0 Å². The predicted molar refractivity (Wildman–Crippen MR) is 70.7 cm³/mol. The van der Waals surface area contributed by atoms with Crippen molar-refractivity contribution in [3.63, 3.8) is 0 Å². The molecule has 0 aliphatic carbocycles. The Bertz CT molecular complexity index is 409. The van der Waals surface area contributed by atoms with Crippen molar-refractivity contribution in [3.8, 4) is 5.75 Å². The zero-order valence-electron chi connectivity index (χ0n) is 10.4. The second kappa shape index (κ2) is 7.24. The van der Waals surface area contributed by atoms with E-state index in [4.69, 9.17) is 22.1 Å². The number of hydrogen-bond acceptors (Lipinski definition) is 4. The van der Waals surface area contributed by atoms with Crippen molar-refractivity contribution in [2.75, 3.05) is 6.61 Å². The molecule has 0 aromatic heterocycles. The maximum atomic E-state index is 11.2. The van der Waals surface area contributed by atoms with Gasteiger partial charge in [-0.1, -0.05) is 17.7 Å². The molecule has 0 aliphatic heterocycles. The Labute approximate surface area is 112 Å². The summed E-state index contributed by atoms with van der Waals surface area (Å²) >= 11 is 5.80. The van der Waals surface area contributed by atoms with Gasteiger partial charge in [0.15, 0.2) is 0 Å². The highest BCUT2D eigenvalue weighted by molar-refractivity contribution is 6.32. The van der Waals surface area contributed by atoms with Gasteiger partial charge in [-0.05, 0) is 37.5 Å². The van der Waals surface area contributed by atoms with Gasteiger partial charge in [-0.25, -0.2) is 0 Å². The highest BCUT2D eigenvalue weighted by Gasteiger charge is 2.09. The quantitative estimate of drug-likeness (QED) is 0.779. The second-order valence-corrected chi connectivity index (χ2v) is 4.50. The van der Waals surface area contributed by atoms with Gasteiger partial charge in [0.1, 0.15) is 5.75 Å². The standard InChI is InChI=1S/C13H18ClNO3/c1-2-18-13(17)6-4-10(15)7-9-3-5-12(16)11(14)8-9/h3,5,8,10,16H,2,4,6-7,15H2,1H3. The monoisotopic (exact) mass is 271 g/mol. The Kier molecular flexibility index (Phi) is 5.95. The Morgan fingerprint density at radius 2 is 2.28 bits per heavy atom. The molecule has 1 aromatic rings. The van der Waals surface area contributed by atoms with Crippen molar-refractivity contribution in [2.24, 2.45) is 5.73 Å². The van der Waals surface area contributed by atoms with Gasteiger partial charge in [0.05, 0.1) is 11.6 Å². The van der Waals surface area contributed by atoms with Crippen LogP contribution in [0.5, 0.6) is 5.75 Å². The second-order valence-electron chi connectivity index (χ2n) is 4.09. The first-order chi connectivity index (χ1) is 8.52. The van der Waals surface area contributed by atoms with Gasteiger partial charge in [0.25, 0.3) is 0 Å². The zero-order chi connectivity index (χ0) is 13.5. The largest absolute Gasteiger partial charge is 0.506 e. The molecule has 0 fully saturated rings. The molecule has 0 spiro atoms. The molecule has 3 N–H and O–H groups in total. The molecule has 4 nitrogen and oxygen atoms in total. The van der Waals surface area contributed by atoms with E-state index in [0.717, 1.165) is 5.56 Å². The molecule has 1 aromatic carbocycles. The average Bonchev–Trinajstić information content (AvgIpc) is 2.32. The van der Waals surface area contributed by atoms with Crippen LogP contribution >= 0.6 is 11.6 Å². The van der Waals surface area contributed by atoms with Crippen molar-refractivity contribution < 1.29 is 14.6 Å². The Balaban J connectivity index is 2.42. The molecule has 0 bridgehead atoms. The number of esters is 1. The Morgan fingerprint density at radius 3 is 2.89 bits per heavy atom. The van der Waals surface area contributed by atoms with E-state index in [-0.39, 0.29) is 17.8 Å². The topological polar surface area (TPSA) is 72.5 Å². The summed E-state index contributed by atoms with van der Waals surface area (Å²) in [7, 11) is 0. The van der Waals surface area contributed by atoms with Crippen LogP contribution in [0.15, 0.2) is 18.2 Å². The lowest BCUT2D eigenvalue weighted by Gasteiger charge is -2.11. The summed E-state index contributed by atoms with van der Waals surface area (Å²) in [5.74, 6) is -0.169. The molecule has 1 rings (SSSR count). The first-order valence-corrected chi connectivity index (χ1v) is 6.29. The number of phenols is 1. The molecular formula is C13H18ClNO3. The number of phenolic OH excluding ortho intramolecular Hbond substituents is 1. The lowest BCUT2D eigenvalue weighted by atomic mass is 10.0. The minimum atomic E-state index is -0.225. The van der Waals surface area contributed by atoms with Crippen LogP contribution in [0.1, 0.15) is 25.3 Å². The molecule has 18 heavy (non-hydrogen) atoms. The smallest absolute Gasteiger partial charge is 0.305 e. The lowest BCUT2D eigenvalue weighted by Crippen LogP contribution is -2.24. The van der Waals surface area contributed by atoms with E-state index in [2.05, 4.69) is 0 Å². The fourth-order valence-corrected chi connectivity index (χ4v) is 1.82. The summed E-state index contributed by atoms with van der Waals surface area (Å²) in [6, 6.07) is 4.86. The highest BCUT2D eigenvalue weighted by atomic mass is 35.5. The fraction of sp³-hybridized carbons (Fsp3) is 0.462. The van der Waals surface area contributed by atoms with E-state index < -0.39 is 0 Å². The van der Waals surface area contributed by atoms with Crippen LogP contribution in [-0.4, -0.2) is 23.7 Å². The van der Waals surface area contributed by atoms with Crippen LogP contribution < -0.4 is 5.73 Å². The number of benzene rings is 1. The van der Waals surface area contributed by atoms with Crippen LogP contribution in [-0.2, 0) is 16.0 Å². The van der Waals surface area contributed by atoms with Gasteiger partial charge in [0, 0.05) is 12.5 Å². The summed E-state index contributed by atoms with van der Waals surface area (Å²) in [5, 5.41) is 9.60. The van der Waals surface area contributed by atoms with E-state index in [1.165, 1.54) is 6.07 Å². The van der Waals surface area contributed by atoms with Crippen LogP contribution in [0.2, 0.25) is 5.02 Å². The molecule has 0 amide bonds. The number of ether oxygens (including phenoxy) is 1. The van der Waals surface area contributed by atoms with Crippen LogP contribution in [0, 0.1) is 0 Å². The summed E-state index contributed by atoms with van der Waals surface area (Å²) in [6.07, 6.45) is 1.50. The third-order valence-corrected chi connectivity index (χ3v) is 2.84. The van der Waals surface area contributed by atoms with Crippen molar-refractivity contribution >= 4 is 17.6 Å². The maximum Gasteiger partial charge on any atom is 0.305 e. The first-order valence-electron chi connectivity index (χ1n) is 5.91. The van der Waals surface area contributed by atoms with Crippen molar-refractivity contribution in [2.45, 2.75) is 32.2 Å². The number of carbonyl (C=O) groups excluding carboxylic acids is 1. The van der Waals surface area contributed by atoms with E-state index in [9.17, 15) is 9.90 Å². The zero-order valence-corrected chi connectivity index (χ0v) is 11.1. The molecule has 0 aliphatic rings. The van der Waals surface area contributed by atoms with Gasteiger partial charge in [-0.2, -0.15) is 0 Å². The molecule has 100 valence electrons. The SMILES string of the molecule is CCOC(=O)CCC(N)Cc1ccc(O)c(Cl)c1. The van der Waals surface area contributed by atoms with Gasteiger partial charge in [-0.15, -0.1) is 0 Å². The summed E-state index contributed by atoms with van der Waals surface area (Å²) in [4.78, 5) is 11.2. The minimum absolute atomic E-state index is 0.0560. The van der Waals surface area contributed by atoms with E-state index in [1.54, 1.807) is 19.1 Å². The average molecular weight is 272 g/mol. The number of halogens is 1. The van der Waals surface area contributed by atoms with Gasteiger partial charge in [0.2, 0.25) is 0 Å². The third-order valence-electron chi connectivity index (χ3n) is 2.53. The number of carbonyl (C=O) groups is 1. The third kappa shape index (κ3) is 4.94. The van der Waals surface area contributed by atoms with E-state index >= 15 is 0 Å². The summed E-state index contributed by atoms with van der Waals surface area (Å²) in [6.45, 7) is 2.16. The van der Waals surface area contributed by atoms with Gasteiger partial charge >= 0.3 is 5.97 Å². The minimum Gasteiger partial charge on any atom is -0.506 e. The molecular weight excluding hydrogens is 254 g/mol. The number of aromatic hydroxyl groups is 1. The Hall–Kier alpha value is -1.26.